The first-order valence-corrected chi connectivity index (χ1v) is 12.2. The third-order valence-electron chi connectivity index (χ3n) is 4.16. The second kappa shape index (κ2) is 22.0. The molecule has 1 aliphatic heterocycles. The first-order valence-electron chi connectivity index (χ1n) is 11.0. The molecule has 1 rings (SSSR count). The van der Waals surface area contributed by atoms with E-state index in [2.05, 4.69) is 0 Å². The van der Waals surface area contributed by atoms with Crippen LogP contribution in [0.4, 0.5) is 0 Å². The molecule has 0 radical (unpaired) electrons. The second-order valence-corrected chi connectivity index (χ2v) is 7.85. The van der Waals surface area contributed by atoms with E-state index in [-0.39, 0.29) is 6.10 Å². The van der Waals surface area contributed by atoms with Gasteiger partial charge in [0.05, 0.1) is 85.0 Å². The van der Waals surface area contributed by atoms with E-state index in [1.165, 1.54) is 0 Å². The van der Waals surface area contributed by atoms with Crippen LogP contribution in [0, 0.1) is 0 Å². The highest BCUT2D eigenvalue weighted by atomic mass is 32.2. The molecule has 0 saturated carbocycles. The van der Waals surface area contributed by atoms with Crippen molar-refractivity contribution < 1.29 is 38.0 Å². The highest BCUT2D eigenvalue weighted by molar-refractivity contribution is 7.99. The zero-order chi connectivity index (χ0) is 21.5. The van der Waals surface area contributed by atoms with E-state index in [0.717, 1.165) is 18.6 Å². The number of hydrogen-bond donors (Lipinski definition) is 0. The maximum Gasteiger partial charge on any atom is 0.142 e. The van der Waals surface area contributed by atoms with Crippen LogP contribution in [0.1, 0.15) is 26.2 Å². The molecule has 0 aliphatic carbocycles. The molecule has 1 aliphatic rings. The highest BCUT2D eigenvalue weighted by Gasteiger charge is 2.10. The molecule has 1 fully saturated rings. The van der Waals surface area contributed by atoms with Crippen molar-refractivity contribution in [1.29, 1.82) is 0 Å². The van der Waals surface area contributed by atoms with Crippen molar-refractivity contribution in [1.82, 2.24) is 0 Å². The molecule has 178 valence electrons. The summed E-state index contributed by atoms with van der Waals surface area (Å²) in [6.07, 6.45) is 2.50. The van der Waals surface area contributed by atoms with Gasteiger partial charge in [-0.15, -0.1) is 0 Å². The summed E-state index contributed by atoms with van der Waals surface area (Å²) in [4.78, 5) is 11.3. The average Bonchev–Trinajstić information content (AvgIpc) is 2.76. The van der Waals surface area contributed by atoms with Crippen LogP contribution in [0.5, 0.6) is 0 Å². The molecule has 1 atom stereocenters. The molecule has 0 aromatic rings. The van der Waals surface area contributed by atoms with Gasteiger partial charge in [-0.25, -0.2) is 0 Å². The molecule has 30 heavy (non-hydrogen) atoms. The summed E-state index contributed by atoms with van der Waals surface area (Å²) >= 11 is 1.70. The number of hydrogen-bond acceptors (Lipinski definition) is 9. The van der Waals surface area contributed by atoms with Gasteiger partial charge >= 0.3 is 0 Å². The van der Waals surface area contributed by atoms with Gasteiger partial charge in [0.1, 0.15) is 11.9 Å². The van der Waals surface area contributed by atoms with Crippen LogP contribution in [-0.4, -0.2) is 109 Å². The summed E-state index contributed by atoms with van der Waals surface area (Å²) in [5, 5.41) is 0. The van der Waals surface area contributed by atoms with Crippen LogP contribution in [0.2, 0.25) is 0 Å². The smallest absolute Gasteiger partial charge is 0.142 e. The molecule has 0 bridgehead atoms. The quantitative estimate of drug-likeness (QED) is 0.462. The van der Waals surface area contributed by atoms with Gasteiger partial charge in [-0.2, -0.15) is 11.8 Å². The Kier molecular flexibility index (Phi) is 20.3. The first kappa shape index (κ1) is 27.8. The number of thioether (sulfide) groups is 1. The Morgan fingerprint density at radius 2 is 1.40 bits per heavy atom. The van der Waals surface area contributed by atoms with Crippen LogP contribution in [0.25, 0.3) is 0 Å². The van der Waals surface area contributed by atoms with E-state index < -0.39 is 0 Å². The first-order chi connectivity index (χ1) is 14.8. The lowest BCUT2D eigenvalue weighted by atomic mass is 10.3. The van der Waals surface area contributed by atoms with E-state index >= 15 is 0 Å². The highest BCUT2D eigenvalue weighted by Crippen LogP contribution is 2.06. The van der Waals surface area contributed by atoms with Crippen molar-refractivity contribution >= 4 is 17.5 Å². The van der Waals surface area contributed by atoms with Gasteiger partial charge in [0.2, 0.25) is 0 Å². The number of unbranched alkanes of at least 4 members (excludes halogenated alkanes) is 1. The van der Waals surface area contributed by atoms with Crippen molar-refractivity contribution in [2.24, 2.45) is 0 Å². The van der Waals surface area contributed by atoms with Crippen molar-refractivity contribution in [3.8, 4) is 0 Å². The van der Waals surface area contributed by atoms with Crippen LogP contribution in [-0.2, 0) is 38.0 Å². The molecule has 0 aromatic heterocycles. The maximum absolute atomic E-state index is 11.3. The minimum atomic E-state index is -0.136. The number of carbonyl (C=O) groups excluding carboxylic acids is 1. The van der Waals surface area contributed by atoms with Gasteiger partial charge in [-0.1, -0.05) is 6.92 Å². The Labute approximate surface area is 185 Å². The van der Waals surface area contributed by atoms with Crippen molar-refractivity contribution in [3.05, 3.63) is 0 Å². The molecule has 0 amide bonds. The Balaban J connectivity index is 2.14. The van der Waals surface area contributed by atoms with Gasteiger partial charge in [-0.3, -0.25) is 4.79 Å². The van der Waals surface area contributed by atoms with E-state index in [4.69, 9.17) is 33.2 Å². The Bertz CT molecular complexity index is 368. The number of ether oxygens (including phenoxy) is 7. The average molecular weight is 453 g/mol. The van der Waals surface area contributed by atoms with Crippen LogP contribution in [0.3, 0.4) is 0 Å². The van der Waals surface area contributed by atoms with Crippen molar-refractivity contribution in [2.75, 3.05) is 97.4 Å². The molecule has 1 heterocycles. The van der Waals surface area contributed by atoms with Gasteiger partial charge in [0.15, 0.2) is 0 Å². The van der Waals surface area contributed by atoms with Gasteiger partial charge in [0.25, 0.3) is 0 Å². The largest absolute Gasteiger partial charge is 0.379 e. The van der Waals surface area contributed by atoms with Crippen molar-refractivity contribution in [2.45, 2.75) is 32.3 Å². The standard InChI is InChI=1S/C21H40O8S/c1-2-20(22)19-30-16-4-3-5-27-17-21-18-28-13-12-25-9-8-23-6-7-24-10-11-26-14-15-29-21/h21H,2-19H2,1H3. The lowest BCUT2D eigenvalue weighted by Gasteiger charge is -2.19. The van der Waals surface area contributed by atoms with E-state index in [0.29, 0.717) is 104 Å². The number of Topliss-reactive ketones (excluding diaryl/α,β-unsaturated/α-hetero) is 1. The minimum absolute atomic E-state index is 0.136. The fourth-order valence-corrected chi connectivity index (χ4v) is 3.41. The molecular weight excluding hydrogens is 412 g/mol. The normalized spacial score (nSPS) is 21.6. The van der Waals surface area contributed by atoms with Gasteiger partial charge in [0, 0.05) is 13.0 Å². The minimum Gasteiger partial charge on any atom is -0.379 e. The second-order valence-electron chi connectivity index (χ2n) is 6.74. The predicted molar refractivity (Wildman–Crippen MR) is 117 cm³/mol. The summed E-state index contributed by atoms with van der Waals surface area (Å²) in [6.45, 7) is 8.83. The molecule has 8 nitrogen and oxygen atoms in total. The maximum atomic E-state index is 11.3. The number of carbonyl (C=O) groups is 1. The van der Waals surface area contributed by atoms with Crippen LogP contribution >= 0.6 is 11.8 Å². The zero-order valence-electron chi connectivity index (χ0n) is 18.5. The summed E-state index contributed by atoms with van der Waals surface area (Å²) in [5.41, 5.74) is 0. The molecule has 0 spiro atoms. The summed E-state index contributed by atoms with van der Waals surface area (Å²) in [7, 11) is 0. The fourth-order valence-electron chi connectivity index (χ4n) is 2.42. The zero-order valence-corrected chi connectivity index (χ0v) is 19.3. The third-order valence-corrected chi connectivity index (χ3v) is 5.26. The predicted octanol–water partition coefficient (Wildman–Crippen LogP) is 1.98. The van der Waals surface area contributed by atoms with E-state index in [1.807, 2.05) is 6.92 Å². The lowest BCUT2D eigenvalue weighted by molar-refractivity contribution is -0.116. The topological polar surface area (TPSA) is 81.7 Å². The molecule has 1 unspecified atom stereocenters. The number of rotatable bonds is 10. The summed E-state index contributed by atoms with van der Waals surface area (Å²) < 4.78 is 39.1. The lowest BCUT2D eigenvalue weighted by Crippen LogP contribution is -2.28. The Morgan fingerprint density at radius 3 is 2.00 bits per heavy atom. The molecular formula is C21H40O8S. The van der Waals surface area contributed by atoms with E-state index in [9.17, 15) is 4.79 Å². The van der Waals surface area contributed by atoms with Crippen LogP contribution < -0.4 is 0 Å². The van der Waals surface area contributed by atoms with E-state index in [1.54, 1.807) is 11.8 Å². The molecule has 0 aromatic carbocycles. The molecule has 9 heteroatoms. The van der Waals surface area contributed by atoms with Gasteiger partial charge < -0.3 is 33.2 Å². The molecule has 1 saturated heterocycles. The Hall–Kier alpha value is -0.260. The Morgan fingerprint density at radius 1 is 0.833 bits per heavy atom. The monoisotopic (exact) mass is 452 g/mol. The van der Waals surface area contributed by atoms with Crippen LogP contribution in [0.15, 0.2) is 0 Å². The summed E-state index contributed by atoms with van der Waals surface area (Å²) in [6, 6.07) is 0. The van der Waals surface area contributed by atoms with Crippen molar-refractivity contribution in [3.63, 3.8) is 0 Å². The molecule has 0 N–H and O–H groups in total. The third kappa shape index (κ3) is 18.5. The van der Waals surface area contributed by atoms with Gasteiger partial charge in [-0.05, 0) is 18.6 Å². The SMILES string of the molecule is CCC(=O)CSCCCCOCC1COCCOCCOCCOCCOCCO1. The fraction of sp³-hybridized carbons (Fsp3) is 0.952. The summed E-state index contributed by atoms with van der Waals surface area (Å²) in [5.74, 6) is 1.93. The number of ketones is 1.